The molecule has 0 heterocycles. The molecule has 0 radical (unpaired) electrons. The van der Waals surface area contributed by atoms with Crippen molar-refractivity contribution in [1.82, 2.24) is 0 Å². The minimum Gasteiger partial charge on any atom is -0.399 e. The zero-order valence-electron chi connectivity index (χ0n) is 9.00. The molecule has 2 aromatic carbocycles. The lowest BCUT2D eigenvalue weighted by molar-refractivity contribution is 0.596. The molecular weight excluding hydrogens is 236 g/mol. The van der Waals surface area contributed by atoms with E-state index in [0.29, 0.717) is 5.69 Å². The van der Waals surface area contributed by atoms with Crippen molar-refractivity contribution in [3.8, 4) is 0 Å². The van der Waals surface area contributed by atoms with Crippen LogP contribution in [-0.4, -0.2) is 8.42 Å². The summed E-state index contributed by atoms with van der Waals surface area (Å²) in [4.78, 5) is 0.300. The fraction of sp³-hybridized carbons (Fsp3) is 0. The molecule has 0 unspecified atom stereocenters. The lowest BCUT2D eigenvalue weighted by Gasteiger charge is -2.07. The molecule has 5 heteroatoms. The summed E-state index contributed by atoms with van der Waals surface area (Å²) in [5, 5.41) is 0. The highest BCUT2D eigenvalue weighted by Crippen LogP contribution is 2.25. The first-order valence-corrected chi connectivity index (χ1v) is 6.45. The van der Waals surface area contributed by atoms with Crippen LogP contribution in [0.2, 0.25) is 0 Å². The maximum absolute atomic E-state index is 12.2. The van der Waals surface area contributed by atoms with Crippen LogP contribution in [0.25, 0.3) is 0 Å². The minimum atomic E-state index is -3.57. The second-order valence-corrected chi connectivity index (χ2v) is 5.53. The number of para-hydroxylation sites is 1. The van der Waals surface area contributed by atoms with Crippen LogP contribution in [0, 0.1) is 0 Å². The van der Waals surface area contributed by atoms with Gasteiger partial charge in [-0.25, -0.2) is 8.42 Å². The van der Waals surface area contributed by atoms with Crippen molar-refractivity contribution in [2.24, 2.45) is 0 Å². The maximum atomic E-state index is 12.2. The van der Waals surface area contributed by atoms with E-state index in [1.54, 1.807) is 30.3 Å². The van der Waals surface area contributed by atoms with Gasteiger partial charge in [-0.15, -0.1) is 0 Å². The molecule has 2 rings (SSSR count). The van der Waals surface area contributed by atoms with E-state index in [9.17, 15) is 8.42 Å². The average Bonchev–Trinajstić information content (AvgIpc) is 2.30. The topological polar surface area (TPSA) is 86.2 Å². The van der Waals surface area contributed by atoms with Gasteiger partial charge in [0.05, 0.1) is 15.5 Å². The second kappa shape index (κ2) is 4.10. The van der Waals surface area contributed by atoms with Crippen LogP contribution in [0.1, 0.15) is 0 Å². The number of hydrogen-bond donors (Lipinski definition) is 2. The van der Waals surface area contributed by atoms with Gasteiger partial charge in [0.1, 0.15) is 0 Å². The van der Waals surface area contributed by atoms with Gasteiger partial charge in [-0.2, -0.15) is 0 Å². The summed E-state index contributed by atoms with van der Waals surface area (Å²) in [7, 11) is -3.57. The van der Waals surface area contributed by atoms with Gasteiger partial charge in [0.25, 0.3) is 0 Å². The summed E-state index contributed by atoms with van der Waals surface area (Å²) in [5.74, 6) is 0. The predicted octanol–water partition coefficient (Wildman–Crippen LogP) is 1.68. The largest absolute Gasteiger partial charge is 0.399 e. The Kier molecular flexibility index (Phi) is 2.77. The van der Waals surface area contributed by atoms with E-state index >= 15 is 0 Å². The molecule has 0 atom stereocenters. The highest BCUT2D eigenvalue weighted by molar-refractivity contribution is 7.91. The molecule has 4 N–H and O–H groups in total. The predicted molar refractivity (Wildman–Crippen MR) is 67.2 cm³/mol. The van der Waals surface area contributed by atoms with E-state index in [1.165, 1.54) is 18.2 Å². The number of anilines is 2. The van der Waals surface area contributed by atoms with Gasteiger partial charge in [0, 0.05) is 5.69 Å². The highest BCUT2D eigenvalue weighted by Gasteiger charge is 2.19. The van der Waals surface area contributed by atoms with Crippen molar-refractivity contribution in [2.45, 2.75) is 9.79 Å². The lowest BCUT2D eigenvalue weighted by atomic mass is 10.3. The molecule has 0 fully saturated rings. The molecule has 4 nitrogen and oxygen atoms in total. The number of benzene rings is 2. The summed E-state index contributed by atoms with van der Waals surface area (Å²) >= 11 is 0. The molecule has 0 aliphatic carbocycles. The smallest absolute Gasteiger partial charge is 0.208 e. The number of hydrogen-bond acceptors (Lipinski definition) is 4. The van der Waals surface area contributed by atoms with Crippen molar-refractivity contribution in [3.05, 3.63) is 48.5 Å². The summed E-state index contributed by atoms with van der Waals surface area (Å²) < 4.78 is 24.5. The summed E-state index contributed by atoms with van der Waals surface area (Å²) in [6.45, 7) is 0. The third-order valence-corrected chi connectivity index (χ3v) is 4.24. The van der Waals surface area contributed by atoms with E-state index in [4.69, 9.17) is 11.5 Å². The van der Waals surface area contributed by atoms with Crippen molar-refractivity contribution < 1.29 is 8.42 Å². The normalized spacial score (nSPS) is 11.3. The summed E-state index contributed by atoms with van der Waals surface area (Å²) in [6.07, 6.45) is 0. The summed E-state index contributed by atoms with van der Waals surface area (Å²) in [5.41, 5.74) is 11.9. The van der Waals surface area contributed by atoms with Crippen LogP contribution in [0.4, 0.5) is 11.4 Å². The maximum Gasteiger partial charge on any atom is 0.208 e. The van der Waals surface area contributed by atoms with E-state index in [-0.39, 0.29) is 15.5 Å². The third-order valence-electron chi connectivity index (χ3n) is 2.40. The molecule has 0 aromatic heterocycles. The molecule has 0 aliphatic heterocycles. The zero-order chi connectivity index (χ0) is 12.5. The monoisotopic (exact) mass is 248 g/mol. The fourth-order valence-corrected chi connectivity index (χ4v) is 2.88. The Hall–Kier alpha value is -2.01. The van der Waals surface area contributed by atoms with Crippen LogP contribution < -0.4 is 11.5 Å². The minimum absolute atomic E-state index is 0.116. The number of rotatable bonds is 2. The standard InChI is InChI=1S/C12H12N2O2S/c13-9-5-7-10(8-6-9)17(15,16)12-4-2-1-3-11(12)14/h1-8H,13-14H2. The Morgan fingerprint density at radius 3 is 2.00 bits per heavy atom. The number of nitrogens with two attached hydrogens (primary N) is 2. The van der Waals surface area contributed by atoms with Crippen LogP contribution in [0.3, 0.4) is 0 Å². The first kappa shape index (κ1) is 11.5. The Labute approximate surface area is 99.8 Å². The van der Waals surface area contributed by atoms with Gasteiger partial charge in [0.2, 0.25) is 9.84 Å². The molecule has 88 valence electrons. The first-order valence-electron chi connectivity index (χ1n) is 4.97. The van der Waals surface area contributed by atoms with E-state index < -0.39 is 9.84 Å². The van der Waals surface area contributed by atoms with E-state index in [1.807, 2.05) is 0 Å². The highest BCUT2D eigenvalue weighted by atomic mass is 32.2. The zero-order valence-corrected chi connectivity index (χ0v) is 9.81. The quantitative estimate of drug-likeness (QED) is 0.792. The van der Waals surface area contributed by atoms with Gasteiger partial charge < -0.3 is 11.5 Å². The fourth-order valence-electron chi connectivity index (χ4n) is 1.50. The van der Waals surface area contributed by atoms with Crippen molar-refractivity contribution in [1.29, 1.82) is 0 Å². The van der Waals surface area contributed by atoms with Crippen LogP contribution in [0.15, 0.2) is 58.3 Å². The molecule has 0 amide bonds. The molecule has 0 saturated carbocycles. The second-order valence-electron chi connectivity index (χ2n) is 3.61. The van der Waals surface area contributed by atoms with Crippen molar-refractivity contribution >= 4 is 21.2 Å². The van der Waals surface area contributed by atoms with Gasteiger partial charge in [0.15, 0.2) is 0 Å². The Balaban J connectivity index is 2.58. The van der Waals surface area contributed by atoms with Crippen LogP contribution in [-0.2, 0) is 9.84 Å². The first-order chi connectivity index (χ1) is 8.01. The third kappa shape index (κ3) is 2.09. The van der Waals surface area contributed by atoms with Gasteiger partial charge in [-0.05, 0) is 36.4 Å². The van der Waals surface area contributed by atoms with E-state index in [0.717, 1.165) is 0 Å². The van der Waals surface area contributed by atoms with Crippen molar-refractivity contribution in [3.63, 3.8) is 0 Å². The Morgan fingerprint density at radius 1 is 0.824 bits per heavy atom. The van der Waals surface area contributed by atoms with Gasteiger partial charge in [-0.3, -0.25) is 0 Å². The lowest BCUT2D eigenvalue weighted by Crippen LogP contribution is -2.05. The van der Waals surface area contributed by atoms with Crippen LogP contribution >= 0.6 is 0 Å². The molecule has 0 aliphatic rings. The van der Waals surface area contributed by atoms with Gasteiger partial charge in [-0.1, -0.05) is 12.1 Å². The molecule has 0 spiro atoms. The Morgan fingerprint density at radius 2 is 1.41 bits per heavy atom. The molecule has 0 saturated heterocycles. The van der Waals surface area contributed by atoms with Gasteiger partial charge >= 0.3 is 0 Å². The molecule has 0 bridgehead atoms. The van der Waals surface area contributed by atoms with E-state index in [2.05, 4.69) is 0 Å². The van der Waals surface area contributed by atoms with Crippen molar-refractivity contribution in [2.75, 3.05) is 11.5 Å². The number of sulfone groups is 1. The summed E-state index contributed by atoms with van der Waals surface area (Å²) in [6, 6.07) is 12.4. The Bertz CT molecular complexity index is 634. The SMILES string of the molecule is Nc1ccc(S(=O)(=O)c2ccccc2N)cc1. The molecular formula is C12H12N2O2S. The number of nitrogen functional groups attached to an aromatic ring is 2. The average molecular weight is 248 g/mol. The molecule has 17 heavy (non-hydrogen) atoms. The van der Waals surface area contributed by atoms with Crippen LogP contribution in [0.5, 0.6) is 0 Å². The molecule has 2 aromatic rings.